The second kappa shape index (κ2) is 5.07. The fourth-order valence-electron chi connectivity index (χ4n) is 0.915. The van der Waals surface area contributed by atoms with Crippen LogP contribution in [-0.2, 0) is 16.1 Å². The van der Waals surface area contributed by atoms with E-state index in [0.29, 0.717) is 0 Å². The molecule has 3 nitrogen and oxygen atoms in total. The molecule has 0 saturated heterocycles. The fraction of sp³-hybridized carbons (Fsp3) is 0.182. The summed E-state index contributed by atoms with van der Waals surface area (Å²) in [6.45, 7) is 1.75. The maximum atomic E-state index is 11.0. The van der Waals surface area contributed by atoms with Crippen molar-refractivity contribution in [1.29, 1.82) is 0 Å². The third-order valence-corrected chi connectivity index (χ3v) is 1.70. The number of ether oxygens (including phenoxy) is 1. The molecule has 0 aliphatic carbocycles. The molecule has 0 spiro atoms. The summed E-state index contributed by atoms with van der Waals surface area (Å²) in [5.41, 5.74) is 0.893. The molecule has 0 fully saturated rings. The zero-order chi connectivity index (χ0) is 10.4. The quantitative estimate of drug-likeness (QED) is 0.453. The predicted octanol–water partition coefficient (Wildman–Crippen LogP) is 2.19. The van der Waals surface area contributed by atoms with Gasteiger partial charge < -0.3 is 9.84 Å². The SMILES string of the molecule is C/C=C(\O)C(=O)OCc1ccccc1. The Kier molecular flexibility index (Phi) is 3.73. The number of allylic oxidation sites excluding steroid dienone is 1. The van der Waals surface area contributed by atoms with Crippen molar-refractivity contribution in [2.24, 2.45) is 0 Å². The minimum absolute atomic E-state index is 0.178. The van der Waals surface area contributed by atoms with E-state index in [1.807, 2.05) is 30.3 Å². The monoisotopic (exact) mass is 192 g/mol. The lowest BCUT2D eigenvalue weighted by atomic mass is 10.2. The molecule has 1 rings (SSSR count). The van der Waals surface area contributed by atoms with E-state index in [2.05, 4.69) is 0 Å². The first-order valence-electron chi connectivity index (χ1n) is 4.30. The first kappa shape index (κ1) is 10.3. The lowest BCUT2D eigenvalue weighted by Gasteiger charge is -2.03. The van der Waals surface area contributed by atoms with Gasteiger partial charge in [-0.25, -0.2) is 4.79 Å². The Labute approximate surface area is 82.6 Å². The van der Waals surface area contributed by atoms with Gasteiger partial charge >= 0.3 is 5.97 Å². The molecule has 0 unspecified atom stereocenters. The van der Waals surface area contributed by atoms with Crippen molar-refractivity contribution in [3.63, 3.8) is 0 Å². The number of aliphatic hydroxyl groups is 1. The van der Waals surface area contributed by atoms with Crippen LogP contribution in [-0.4, -0.2) is 11.1 Å². The van der Waals surface area contributed by atoms with Gasteiger partial charge in [-0.15, -0.1) is 0 Å². The van der Waals surface area contributed by atoms with Crippen molar-refractivity contribution in [1.82, 2.24) is 0 Å². The molecule has 1 N–H and O–H groups in total. The van der Waals surface area contributed by atoms with Crippen molar-refractivity contribution < 1.29 is 14.6 Å². The summed E-state index contributed by atoms with van der Waals surface area (Å²) in [5.74, 6) is -1.06. The number of rotatable bonds is 3. The van der Waals surface area contributed by atoms with Crippen molar-refractivity contribution in [3.8, 4) is 0 Å². The molecule has 3 heteroatoms. The molecule has 1 aromatic rings. The largest absolute Gasteiger partial charge is 0.502 e. The van der Waals surface area contributed by atoms with Crippen LogP contribution >= 0.6 is 0 Å². The second-order valence-electron chi connectivity index (χ2n) is 2.74. The Morgan fingerprint density at radius 3 is 2.64 bits per heavy atom. The Morgan fingerprint density at radius 1 is 1.43 bits per heavy atom. The summed E-state index contributed by atoms with van der Waals surface area (Å²) in [4.78, 5) is 11.0. The Hall–Kier alpha value is -1.77. The van der Waals surface area contributed by atoms with Gasteiger partial charge in [0.2, 0.25) is 0 Å². The Morgan fingerprint density at radius 2 is 2.07 bits per heavy atom. The summed E-state index contributed by atoms with van der Waals surface area (Å²) in [7, 11) is 0. The molecule has 0 amide bonds. The number of benzene rings is 1. The molecule has 0 saturated carbocycles. The van der Waals surface area contributed by atoms with E-state index in [0.717, 1.165) is 5.56 Å². The van der Waals surface area contributed by atoms with Crippen LogP contribution in [0.1, 0.15) is 12.5 Å². The van der Waals surface area contributed by atoms with Gasteiger partial charge in [0.1, 0.15) is 6.61 Å². The molecule has 0 atom stereocenters. The number of hydrogen-bond acceptors (Lipinski definition) is 3. The van der Waals surface area contributed by atoms with E-state index < -0.39 is 5.97 Å². The average Bonchev–Trinajstić information content (AvgIpc) is 2.26. The van der Waals surface area contributed by atoms with E-state index in [1.165, 1.54) is 6.08 Å². The molecule has 0 aliphatic rings. The van der Waals surface area contributed by atoms with E-state index in [9.17, 15) is 4.79 Å². The molecule has 0 aliphatic heterocycles. The Bertz CT molecular complexity index is 328. The van der Waals surface area contributed by atoms with Crippen LogP contribution in [0.15, 0.2) is 42.2 Å². The summed E-state index contributed by atoms with van der Waals surface area (Å²) >= 11 is 0. The lowest BCUT2D eigenvalue weighted by molar-refractivity contribution is -0.143. The van der Waals surface area contributed by atoms with Gasteiger partial charge in [0.05, 0.1) is 0 Å². The maximum Gasteiger partial charge on any atom is 0.373 e. The highest BCUT2D eigenvalue weighted by atomic mass is 16.5. The average molecular weight is 192 g/mol. The number of hydrogen-bond donors (Lipinski definition) is 1. The van der Waals surface area contributed by atoms with Crippen LogP contribution in [0, 0.1) is 0 Å². The van der Waals surface area contributed by atoms with Gasteiger partial charge in [0, 0.05) is 0 Å². The van der Waals surface area contributed by atoms with Gasteiger partial charge in [-0.1, -0.05) is 30.3 Å². The van der Waals surface area contributed by atoms with Crippen LogP contribution in [0.5, 0.6) is 0 Å². The number of carbonyl (C=O) groups excluding carboxylic acids is 1. The van der Waals surface area contributed by atoms with Gasteiger partial charge in [-0.2, -0.15) is 0 Å². The molecule has 0 aromatic heterocycles. The highest BCUT2D eigenvalue weighted by Gasteiger charge is 2.06. The third-order valence-electron chi connectivity index (χ3n) is 1.70. The minimum Gasteiger partial charge on any atom is -0.502 e. The van der Waals surface area contributed by atoms with Crippen molar-refractivity contribution in [3.05, 3.63) is 47.7 Å². The zero-order valence-corrected chi connectivity index (χ0v) is 7.93. The van der Waals surface area contributed by atoms with Crippen LogP contribution < -0.4 is 0 Å². The van der Waals surface area contributed by atoms with Crippen LogP contribution in [0.4, 0.5) is 0 Å². The highest BCUT2D eigenvalue weighted by Crippen LogP contribution is 2.02. The van der Waals surface area contributed by atoms with Crippen molar-refractivity contribution in [2.45, 2.75) is 13.5 Å². The Balaban J connectivity index is 2.46. The predicted molar refractivity (Wildman–Crippen MR) is 52.6 cm³/mol. The van der Waals surface area contributed by atoms with Gasteiger partial charge in [0.15, 0.2) is 5.76 Å². The van der Waals surface area contributed by atoms with E-state index in [-0.39, 0.29) is 12.4 Å². The first-order valence-corrected chi connectivity index (χ1v) is 4.30. The van der Waals surface area contributed by atoms with E-state index >= 15 is 0 Å². The topological polar surface area (TPSA) is 46.5 Å². The number of esters is 1. The smallest absolute Gasteiger partial charge is 0.373 e. The molecule has 0 radical (unpaired) electrons. The molecule has 74 valence electrons. The van der Waals surface area contributed by atoms with Gasteiger partial charge in [-0.05, 0) is 18.6 Å². The van der Waals surface area contributed by atoms with Crippen LogP contribution in [0.25, 0.3) is 0 Å². The van der Waals surface area contributed by atoms with Crippen molar-refractivity contribution in [2.75, 3.05) is 0 Å². The first-order chi connectivity index (χ1) is 6.74. The molecular weight excluding hydrogens is 180 g/mol. The minimum atomic E-state index is -0.698. The number of carbonyl (C=O) groups is 1. The number of aliphatic hydroxyl groups excluding tert-OH is 1. The second-order valence-corrected chi connectivity index (χ2v) is 2.74. The summed E-state index contributed by atoms with van der Waals surface area (Å²) in [5, 5.41) is 8.99. The molecule has 14 heavy (non-hydrogen) atoms. The molecule has 0 heterocycles. The molecular formula is C11H12O3. The summed E-state index contributed by atoms with van der Waals surface area (Å²) in [6.07, 6.45) is 1.30. The highest BCUT2D eigenvalue weighted by molar-refractivity contribution is 5.85. The van der Waals surface area contributed by atoms with E-state index in [4.69, 9.17) is 9.84 Å². The van der Waals surface area contributed by atoms with Crippen molar-refractivity contribution >= 4 is 5.97 Å². The summed E-state index contributed by atoms with van der Waals surface area (Å²) < 4.78 is 4.82. The van der Waals surface area contributed by atoms with Gasteiger partial charge in [0.25, 0.3) is 0 Å². The third kappa shape index (κ3) is 2.94. The molecule has 1 aromatic carbocycles. The molecule has 0 bridgehead atoms. The fourth-order valence-corrected chi connectivity index (χ4v) is 0.915. The normalized spacial score (nSPS) is 11.1. The standard InChI is InChI=1S/C11H12O3/c1-2-10(12)11(13)14-8-9-6-4-3-5-7-9/h2-7,12H,8H2,1H3/b10-2-. The summed E-state index contributed by atoms with van der Waals surface area (Å²) in [6, 6.07) is 9.30. The lowest BCUT2D eigenvalue weighted by Crippen LogP contribution is -2.07. The van der Waals surface area contributed by atoms with Crippen LogP contribution in [0.3, 0.4) is 0 Å². The zero-order valence-electron chi connectivity index (χ0n) is 7.93. The van der Waals surface area contributed by atoms with Crippen LogP contribution in [0.2, 0.25) is 0 Å². The van der Waals surface area contributed by atoms with E-state index in [1.54, 1.807) is 6.92 Å². The van der Waals surface area contributed by atoms with Gasteiger partial charge in [-0.3, -0.25) is 0 Å². The maximum absolute atomic E-state index is 11.0.